The van der Waals surface area contributed by atoms with E-state index in [-0.39, 0.29) is 0 Å². The molecule has 0 aromatic heterocycles. The van der Waals surface area contributed by atoms with Crippen LogP contribution in [-0.2, 0) is 10.7 Å². The molecule has 0 aliphatic rings. The first-order valence-electron chi connectivity index (χ1n) is 6.06. The van der Waals surface area contributed by atoms with Gasteiger partial charge in [-0.15, -0.1) is 0 Å². The lowest BCUT2D eigenvalue weighted by Gasteiger charge is -2.09. The molecule has 0 saturated carbocycles. The second-order valence-corrected chi connectivity index (χ2v) is 7.11. The van der Waals surface area contributed by atoms with Crippen molar-refractivity contribution >= 4 is 32.5 Å². The molecule has 0 saturated heterocycles. The second-order valence-electron chi connectivity index (χ2n) is 3.85. The number of benzene rings is 1. The lowest BCUT2D eigenvalue weighted by Crippen LogP contribution is -2.21. The molecule has 0 amide bonds. The van der Waals surface area contributed by atoms with Gasteiger partial charge in [0, 0.05) is 27.7 Å². The van der Waals surface area contributed by atoms with Crippen LogP contribution in [0.3, 0.4) is 0 Å². The molecule has 0 heterocycles. The first kappa shape index (κ1) is 16.4. The molecule has 19 heavy (non-hydrogen) atoms. The highest BCUT2D eigenvalue weighted by Gasteiger charge is 2.36. The number of rotatable bonds is 4. The van der Waals surface area contributed by atoms with E-state index in [1.165, 1.54) is 0 Å². The van der Waals surface area contributed by atoms with E-state index < -0.39 is 14.9 Å². The van der Waals surface area contributed by atoms with E-state index in [1.807, 2.05) is 18.4 Å². The molecule has 0 spiro atoms. The third kappa shape index (κ3) is 4.76. The molecule has 6 heteroatoms. The normalized spacial score (nSPS) is 13.4. The van der Waals surface area contributed by atoms with Gasteiger partial charge in [0.15, 0.2) is 0 Å². The Bertz CT molecular complexity index is 475. The van der Waals surface area contributed by atoms with Crippen LogP contribution in [0.15, 0.2) is 39.6 Å². The van der Waals surface area contributed by atoms with Crippen molar-refractivity contribution in [1.82, 2.24) is 0 Å². The monoisotopic (exact) mass is 351 g/mol. The smallest absolute Gasteiger partial charge is 0.262 e. The predicted octanol–water partition coefficient (Wildman–Crippen LogP) is 4.26. The van der Waals surface area contributed by atoms with E-state index in [1.54, 1.807) is 37.3 Å². The maximum absolute atomic E-state index is 13.7. The number of halogens is 3. The van der Waals surface area contributed by atoms with Crippen molar-refractivity contribution in [2.24, 2.45) is 4.36 Å². The number of amidine groups is 1. The van der Waals surface area contributed by atoms with Gasteiger partial charge >= 0.3 is 4.16 Å². The molecular formula is C13H18BrF2N2S+. The molecule has 0 aliphatic carbocycles. The summed E-state index contributed by atoms with van der Waals surface area (Å²) in [7, 11) is -1.53. The summed E-state index contributed by atoms with van der Waals surface area (Å²) >= 11 is 2.46. The lowest BCUT2D eigenvalue weighted by molar-refractivity contribution is -0.521. The summed E-state index contributed by atoms with van der Waals surface area (Å²) < 4.78 is 30.6. The van der Waals surface area contributed by atoms with E-state index in [9.17, 15) is 8.78 Å². The topological polar surface area (TPSA) is 15.4 Å². The zero-order chi connectivity index (χ0) is 14.5. The van der Waals surface area contributed by atoms with Crippen molar-refractivity contribution in [2.45, 2.75) is 29.8 Å². The van der Waals surface area contributed by atoms with Crippen LogP contribution in [0.4, 0.5) is 8.78 Å². The first-order chi connectivity index (χ1) is 8.90. The molecule has 0 bridgehead atoms. The van der Waals surface area contributed by atoms with Crippen molar-refractivity contribution in [1.29, 1.82) is 0 Å². The second kappa shape index (κ2) is 7.24. The van der Waals surface area contributed by atoms with E-state index in [0.29, 0.717) is 10.7 Å². The van der Waals surface area contributed by atoms with Gasteiger partial charge < -0.3 is 0 Å². The van der Waals surface area contributed by atoms with Gasteiger partial charge in [0.1, 0.15) is 10.7 Å². The molecule has 0 radical (unpaired) electrons. The van der Waals surface area contributed by atoms with E-state index >= 15 is 0 Å². The fourth-order valence-corrected chi connectivity index (χ4v) is 3.71. The molecule has 1 aromatic rings. The van der Waals surface area contributed by atoms with Gasteiger partial charge in [-0.05, 0) is 30.3 Å². The summed E-state index contributed by atoms with van der Waals surface area (Å²) in [5.74, 6) is 0.635. The maximum atomic E-state index is 13.7. The average Bonchev–Trinajstić information content (AvgIpc) is 2.37. The number of alkyl halides is 3. The Morgan fingerprint density at radius 2 is 1.79 bits per heavy atom. The van der Waals surface area contributed by atoms with Gasteiger partial charge in [0.25, 0.3) is 5.84 Å². The van der Waals surface area contributed by atoms with Crippen molar-refractivity contribution in [3.63, 3.8) is 0 Å². The molecule has 1 aromatic carbocycles. The van der Waals surface area contributed by atoms with Gasteiger partial charge in [0.05, 0.1) is 13.1 Å². The summed E-state index contributed by atoms with van der Waals surface area (Å²) in [5, 5.41) is 0. The molecule has 0 N–H and O–H groups in total. The van der Waals surface area contributed by atoms with Crippen LogP contribution < -0.4 is 0 Å². The highest BCUT2D eigenvalue weighted by atomic mass is 79.9. The molecular weight excluding hydrogens is 334 g/mol. The Morgan fingerprint density at radius 1 is 1.26 bits per heavy atom. The molecule has 1 rings (SSSR count). The molecule has 0 aliphatic heterocycles. The fourth-order valence-electron chi connectivity index (χ4n) is 1.66. The van der Waals surface area contributed by atoms with Gasteiger partial charge in [-0.25, -0.2) is 0 Å². The Kier molecular flexibility index (Phi) is 6.26. The summed E-state index contributed by atoms with van der Waals surface area (Å²) in [5.41, 5.74) is 0. The maximum Gasteiger partial charge on any atom is 0.383 e. The predicted molar refractivity (Wildman–Crippen MR) is 80.4 cm³/mol. The van der Waals surface area contributed by atoms with Crippen LogP contribution in [0.5, 0.6) is 0 Å². The summed E-state index contributed by atoms with van der Waals surface area (Å²) in [6.45, 7) is 7.25. The molecule has 2 nitrogen and oxygen atoms in total. The van der Waals surface area contributed by atoms with Crippen molar-refractivity contribution in [3.05, 3.63) is 30.3 Å². The highest BCUT2D eigenvalue weighted by Crippen LogP contribution is 2.32. The van der Waals surface area contributed by atoms with E-state index in [0.717, 1.165) is 13.1 Å². The van der Waals surface area contributed by atoms with Crippen LogP contribution in [0, 0.1) is 0 Å². The Morgan fingerprint density at radius 3 is 2.21 bits per heavy atom. The molecule has 1 atom stereocenters. The van der Waals surface area contributed by atoms with Crippen molar-refractivity contribution in [3.8, 4) is 0 Å². The zero-order valence-corrected chi connectivity index (χ0v) is 13.6. The van der Waals surface area contributed by atoms with Gasteiger partial charge in [0.2, 0.25) is 0 Å². The Labute approximate surface area is 123 Å². The average molecular weight is 352 g/mol. The number of hydrogen-bond acceptors (Lipinski definition) is 0. The molecule has 106 valence electrons. The molecule has 0 fully saturated rings. The van der Waals surface area contributed by atoms with Crippen LogP contribution in [-0.4, -0.2) is 27.7 Å². The van der Waals surface area contributed by atoms with Crippen molar-refractivity contribution in [2.75, 3.05) is 13.1 Å². The Balaban J connectivity index is 3.31. The third-order valence-electron chi connectivity index (χ3n) is 2.63. The molecule has 1 unspecified atom stereocenters. The van der Waals surface area contributed by atoms with Gasteiger partial charge in [-0.1, -0.05) is 18.2 Å². The van der Waals surface area contributed by atoms with Crippen LogP contribution in [0.2, 0.25) is 0 Å². The first-order valence-corrected chi connectivity index (χ1v) is 8.04. The minimum absolute atomic E-state index is 0.524. The SMILES string of the molecule is CC[N+](CC)=C(C)N=S(c1ccccc1)C(F)(F)Br. The van der Waals surface area contributed by atoms with Crippen LogP contribution in [0.1, 0.15) is 20.8 Å². The Hall–Kier alpha value is -0.620. The van der Waals surface area contributed by atoms with E-state index in [4.69, 9.17) is 0 Å². The lowest BCUT2D eigenvalue weighted by atomic mass is 10.4. The summed E-state index contributed by atoms with van der Waals surface area (Å²) in [6, 6.07) is 8.65. The van der Waals surface area contributed by atoms with Gasteiger partial charge in [-0.3, -0.25) is 4.58 Å². The summed E-state index contributed by atoms with van der Waals surface area (Å²) in [6.07, 6.45) is 0. The minimum Gasteiger partial charge on any atom is -0.262 e. The quantitative estimate of drug-likeness (QED) is 0.333. The summed E-state index contributed by atoms with van der Waals surface area (Å²) in [4.78, 5) is 0.524. The van der Waals surface area contributed by atoms with E-state index in [2.05, 4.69) is 20.3 Å². The number of nitrogens with zero attached hydrogens (tertiary/aromatic N) is 2. The largest absolute Gasteiger partial charge is 0.383 e. The van der Waals surface area contributed by atoms with Gasteiger partial charge in [-0.2, -0.15) is 8.78 Å². The van der Waals surface area contributed by atoms with Crippen LogP contribution >= 0.6 is 15.9 Å². The number of hydrogen-bond donors (Lipinski definition) is 0. The zero-order valence-electron chi connectivity index (χ0n) is 11.2. The van der Waals surface area contributed by atoms with Crippen molar-refractivity contribution < 1.29 is 13.4 Å². The minimum atomic E-state index is -3.04. The fraction of sp³-hybridized carbons (Fsp3) is 0.462. The highest BCUT2D eigenvalue weighted by molar-refractivity contribution is 9.11. The standard InChI is InChI=1S/C13H18BrF2N2S/c1-4-18(5-2)11(3)17-19(13(14,15)16)12-9-7-6-8-10-12/h6-10H,4-5H2,1-3H3/q+1. The van der Waals surface area contributed by atoms with Crippen LogP contribution in [0.25, 0.3) is 0 Å². The third-order valence-corrected chi connectivity index (χ3v) is 5.15.